The fourth-order valence-corrected chi connectivity index (χ4v) is 5.64. The predicted molar refractivity (Wildman–Crippen MR) is 152 cm³/mol. The lowest BCUT2D eigenvalue weighted by Gasteiger charge is -2.17. The number of likely N-dealkylation sites (N-methyl/N-ethyl adjacent to an activating group) is 1. The smallest absolute Gasteiger partial charge is 0.230 e. The van der Waals surface area contributed by atoms with Gasteiger partial charge in [-0.05, 0) is 68.6 Å². The van der Waals surface area contributed by atoms with E-state index in [0.717, 1.165) is 72.0 Å². The van der Waals surface area contributed by atoms with E-state index < -0.39 is 0 Å². The Morgan fingerprint density at radius 2 is 2.05 bits per heavy atom. The zero-order valence-electron chi connectivity index (χ0n) is 22.0. The SMILES string of the molecule is Cc1sc(NC(=O)Cc2cccc(OCCN(C)CCN)c2)nc1-c1ccc2c(c1)CCN2C(=O)C1CC1. The van der Waals surface area contributed by atoms with Gasteiger partial charge in [0, 0.05) is 48.2 Å². The van der Waals surface area contributed by atoms with Gasteiger partial charge < -0.3 is 25.6 Å². The molecule has 3 aromatic rings. The van der Waals surface area contributed by atoms with E-state index >= 15 is 0 Å². The average molecular weight is 534 g/mol. The second-order valence-electron chi connectivity index (χ2n) is 10.1. The molecule has 1 aromatic heterocycles. The quantitative estimate of drug-likeness (QED) is 0.388. The molecule has 0 radical (unpaired) electrons. The molecule has 8 nitrogen and oxygen atoms in total. The molecule has 2 amide bonds. The summed E-state index contributed by atoms with van der Waals surface area (Å²) in [5, 5.41) is 3.55. The van der Waals surface area contributed by atoms with Gasteiger partial charge in [-0.25, -0.2) is 4.98 Å². The molecule has 0 spiro atoms. The van der Waals surface area contributed by atoms with Crippen molar-refractivity contribution in [3.05, 3.63) is 58.5 Å². The highest BCUT2D eigenvalue weighted by Gasteiger charge is 2.36. The summed E-state index contributed by atoms with van der Waals surface area (Å²) in [5.41, 5.74) is 10.6. The molecule has 0 unspecified atom stereocenters. The van der Waals surface area contributed by atoms with E-state index in [9.17, 15) is 9.59 Å². The fourth-order valence-electron chi connectivity index (χ4n) is 4.79. The molecule has 2 aromatic carbocycles. The maximum absolute atomic E-state index is 12.8. The van der Waals surface area contributed by atoms with Crippen molar-refractivity contribution in [3.8, 4) is 17.0 Å². The van der Waals surface area contributed by atoms with E-state index in [4.69, 9.17) is 15.5 Å². The number of amides is 2. The summed E-state index contributed by atoms with van der Waals surface area (Å²) in [6, 6.07) is 13.8. The van der Waals surface area contributed by atoms with Crippen LogP contribution in [0.25, 0.3) is 11.3 Å². The topological polar surface area (TPSA) is 101 Å². The second-order valence-corrected chi connectivity index (χ2v) is 11.3. The van der Waals surface area contributed by atoms with Crippen molar-refractivity contribution >= 4 is 34.0 Å². The largest absolute Gasteiger partial charge is 0.492 e. The van der Waals surface area contributed by atoms with Crippen molar-refractivity contribution in [3.63, 3.8) is 0 Å². The summed E-state index contributed by atoms with van der Waals surface area (Å²) in [7, 11) is 2.01. The lowest BCUT2D eigenvalue weighted by molar-refractivity contribution is -0.119. The number of carbonyl (C=O) groups excluding carboxylic acids is 2. The van der Waals surface area contributed by atoms with Gasteiger partial charge in [0.2, 0.25) is 11.8 Å². The van der Waals surface area contributed by atoms with Gasteiger partial charge in [0.05, 0.1) is 12.1 Å². The Hall–Kier alpha value is -3.27. The molecule has 0 atom stereocenters. The minimum Gasteiger partial charge on any atom is -0.492 e. The van der Waals surface area contributed by atoms with Crippen LogP contribution in [0.1, 0.15) is 28.8 Å². The number of hydrogen-bond acceptors (Lipinski definition) is 7. The molecule has 1 aliphatic heterocycles. The monoisotopic (exact) mass is 533 g/mol. The first-order valence-electron chi connectivity index (χ1n) is 13.2. The summed E-state index contributed by atoms with van der Waals surface area (Å²) in [6.45, 7) is 5.57. The molecule has 2 heterocycles. The first kappa shape index (κ1) is 26.3. The molecule has 1 saturated carbocycles. The summed E-state index contributed by atoms with van der Waals surface area (Å²) in [5.74, 6) is 1.11. The first-order valence-corrected chi connectivity index (χ1v) is 14.0. The molecule has 2 aliphatic rings. The van der Waals surface area contributed by atoms with Crippen LogP contribution in [0.2, 0.25) is 0 Å². The van der Waals surface area contributed by atoms with E-state index in [0.29, 0.717) is 18.3 Å². The number of benzene rings is 2. The lowest BCUT2D eigenvalue weighted by atomic mass is 10.1. The van der Waals surface area contributed by atoms with Crippen LogP contribution < -0.4 is 20.7 Å². The Bertz CT molecular complexity index is 1320. The van der Waals surface area contributed by atoms with Gasteiger partial charge in [-0.15, -0.1) is 11.3 Å². The number of fused-ring (bicyclic) bond motifs is 1. The minimum atomic E-state index is -0.117. The molecule has 1 aliphatic carbocycles. The van der Waals surface area contributed by atoms with Crippen molar-refractivity contribution in [1.29, 1.82) is 0 Å². The highest BCUT2D eigenvalue weighted by Crippen LogP contribution is 2.39. The molecule has 3 N–H and O–H groups in total. The number of anilines is 2. The zero-order chi connectivity index (χ0) is 26.6. The number of aryl methyl sites for hydroxylation is 1. The molecule has 0 bridgehead atoms. The van der Waals surface area contributed by atoms with Crippen LogP contribution in [-0.2, 0) is 22.4 Å². The van der Waals surface area contributed by atoms with Gasteiger partial charge in [0.1, 0.15) is 12.4 Å². The zero-order valence-corrected chi connectivity index (χ0v) is 22.9. The average Bonchev–Trinajstić information content (AvgIpc) is 3.56. The number of thiazole rings is 1. The van der Waals surface area contributed by atoms with Crippen molar-refractivity contribution in [2.75, 3.05) is 50.1 Å². The molecule has 38 heavy (non-hydrogen) atoms. The van der Waals surface area contributed by atoms with Crippen LogP contribution in [0.5, 0.6) is 5.75 Å². The predicted octanol–water partition coefficient (Wildman–Crippen LogP) is 3.87. The van der Waals surface area contributed by atoms with Crippen molar-refractivity contribution in [2.24, 2.45) is 11.7 Å². The normalized spacial score (nSPS) is 14.6. The highest BCUT2D eigenvalue weighted by atomic mass is 32.1. The van der Waals surface area contributed by atoms with Crippen molar-refractivity contribution < 1.29 is 14.3 Å². The van der Waals surface area contributed by atoms with E-state index in [-0.39, 0.29) is 24.2 Å². The minimum absolute atomic E-state index is 0.117. The number of nitrogens with two attached hydrogens (primary N) is 1. The first-order chi connectivity index (χ1) is 18.4. The maximum atomic E-state index is 12.8. The summed E-state index contributed by atoms with van der Waals surface area (Å²) in [4.78, 5) is 35.2. The number of aromatic nitrogens is 1. The van der Waals surface area contributed by atoms with Crippen LogP contribution in [0.15, 0.2) is 42.5 Å². The number of rotatable bonds is 11. The number of nitrogens with zero attached hydrogens (tertiary/aromatic N) is 3. The van der Waals surface area contributed by atoms with Crippen LogP contribution in [0.4, 0.5) is 10.8 Å². The van der Waals surface area contributed by atoms with Crippen LogP contribution in [0, 0.1) is 12.8 Å². The maximum Gasteiger partial charge on any atom is 0.230 e. The molecule has 5 rings (SSSR count). The third-order valence-electron chi connectivity index (χ3n) is 7.00. The molecule has 1 fully saturated rings. The fraction of sp³-hybridized carbons (Fsp3) is 0.414. The van der Waals surface area contributed by atoms with E-state index in [2.05, 4.69) is 16.3 Å². The van der Waals surface area contributed by atoms with Crippen molar-refractivity contribution in [1.82, 2.24) is 9.88 Å². The second kappa shape index (κ2) is 11.6. The van der Waals surface area contributed by atoms with Gasteiger partial charge >= 0.3 is 0 Å². The summed E-state index contributed by atoms with van der Waals surface area (Å²) >= 11 is 1.47. The number of nitrogens with one attached hydrogen (secondary N) is 1. The van der Waals surface area contributed by atoms with Gasteiger partial charge in [0.25, 0.3) is 0 Å². The van der Waals surface area contributed by atoms with Crippen LogP contribution >= 0.6 is 11.3 Å². The Morgan fingerprint density at radius 3 is 2.84 bits per heavy atom. The number of hydrogen-bond donors (Lipinski definition) is 2. The van der Waals surface area contributed by atoms with E-state index in [1.165, 1.54) is 16.9 Å². The highest BCUT2D eigenvalue weighted by molar-refractivity contribution is 7.16. The van der Waals surface area contributed by atoms with Crippen LogP contribution in [-0.4, -0.2) is 61.5 Å². The van der Waals surface area contributed by atoms with Crippen molar-refractivity contribution in [2.45, 2.75) is 32.6 Å². The third kappa shape index (κ3) is 6.23. The standard InChI is InChI=1S/C29H35N5O3S/c1-19-27(23-8-9-25-22(18-23)10-12-34(25)28(36)21-6-7-21)32-29(38-19)31-26(35)17-20-4-3-5-24(16-20)37-15-14-33(2)13-11-30/h3-5,8-9,16,18,21H,6-7,10-15,17,30H2,1-2H3,(H,31,32,35). The summed E-state index contributed by atoms with van der Waals surface area (Å²) < 4.78 is 5.85. The molecular formula is C29H35N5O3S. The Kier molecular flexibility index (Phi) is 8.06. The molecular weight excluding hydrogens is 498 g/mol. The molecule has 9 heteroatoms. The Labute approximate surface area is 227 Å². The summed E-state index contributed by atoms with van der Waals surface area (Å²) in [6.07, 6.45) is 3.13. The van der Waals surface area contributed by atoms with Gasteiger partial charge in [-0.1, -0.05) is 18.2 Å². The molecule has 0 saturated heterocycles. The number of carbonyl (C=O) groups is 2. The lowest BCUT2D eigenvalue weighted by Crippen LogP contribution is -2.30. The third-order valence-corrected chi connectivity index (χ3v) is 7.89. The van der Waals surface area contributed by atoms with E-state index in [1.54, 1.807) is 0 Å². The van der Waals surface area contributed by atoms with Crippen LogP contribution in [0.3, 0.4) is 0 Å². The number of ether oxygens (including phenoxy) is 1. The Morgan fingerprint density at radius 1 is 1.21 bits per heavy atom. The van der Waals surface area contributed by atoms with E-state index in [1.807, 2.05) is 55.3 Å². The van der Waals surface area contributed by atoms with Gasteiger partial charge in [-0.3, -0.25) is 9.59 Å². The van der Waals surface area contributed by atoms with Gasteiger partial charge in [-0.2, -0.15) is 0 Å². The Balaban J connectivity index is 1.19. The molecule has 200 valence electrons. The van der Waals surface area contributed by atoms with Gasteiger partial charge in [0.15, 0.2) is 5.13 Å².